The predicted molar refractivity (Wildman–Crippen MR) is 104 cm³/mol. The fourth-order valence-electron chi connectivity index (χ4n) is 2.27. The van der Waals surface area contributed by atoms with Crippen molar-refractivity contribution >= 4 is 23.3 Å². The first-order valence-electron chi connectivity index (χ1n) is 8.16. The van der Waals surface area contributed by atoms with Gasteiger partial charge in [-0.05, 0) is 43.7 Å². The molecule has 0 bridgehead atoms. The molecule has 2 aromatic rings. The number of nitrogens with one attached hydrogen (secondary N) is 1. The molecule has 0 aliphatic rings. The van der Waals surface area contributed by atoms with Crippen molar-refractivity contribution in [1.82, 2.24) is 5.43 Å². The maximum Gasteiger partial charge on any atom is 0.356 e. The van der Waals surface area contributed by atoms with E-state index in [4.69, 9.17) is 21.4 Å². The van der Waals surface area contributed by atoms with Gasteiger partial charge in [-0.3, -0.25) is 0 Å². The Kier molecular flexibility index (Phi) is 7.24. The molecule has 2 aromatic carbocycles. The van der Waals surface area contributed by atoms with Gasteiger partial charge in [0.2, 0.25) is 0 Å². The second-order valence-electron chi connectivity index (χ2n) is 5.61. The first-order chi connectivity index (χ1) is 12.5. The number of aliphatic carboxylic acids is 1. The first-order valence-corrected chi connectivity index (χ1v) is 8.54. The maximum atomic E-state index is 11.2. The fraction of sp³-hybridized carbons (Fsp3) is 0.200. The second kappa shape index (κ2) is 9.63. The van der Waals surface area contributed by atoms with Gasteiger partial charge in [-0.1, -0.05) is 48.0 Å². The number of halogens is 1. The maximum absolute atomic E-state index is 11.2. The van der Waals surface area contributed by atoms with E-state index in [1.54, 1.807) is 31.2 Å². The Balaban J connectivity index is 2.17. The number of allylic oxidation sites excluding steroid dienone is 1. The Morgan fingerprint density at radius 3 is 2.69 bits per heavy atom. The Bertz CT molecular complexity index is 804. The van der Waals surface area contributed by atoms with Crippen molar-refractivity contribution in [2.75, 3.05) is 0 Å². The zero-order valence-electron chi connectivity index (χ0n) is 14.6. The smallest absolute Gasteiger partial charge is 0.356 e. The Labute approximate surface area is 158 Å². The molecule has 0 aromatic heterocycles. The topological polar surface area (TPSA) is 70.9 Å². The van der Waals surface area contributed by atoms with Crippen molar-refractivity contribution < 1.29 is 14.6 Å². The van der Waals surface area contributed by atoms with Crippen molar-refractivity contribution in [2.45, 2.75) is 26.5 Å². The van der Waals surface area contributed by atoms with Gasteiger partial charge >= 0.3 is 5.97 Å². The van der Waals surface area contributed by atoms with Crippen molar-refractivity contribution in [1.29, 1.82) is 0 Å². The number of ether oxygens (including phenoxy) is 1. The lowest BCUT2D eigenvalue weighted by molar-refractivity contribution is -0.129. The van der Waals surface area contributed by atoms with E-state index in [0.29, 0.717) is 17.4 Å². The highest BCUT2D eigenvalue weighted by atomic mass is 35.5. The molecule has 0 saturated heterocycles. The van der Waals surface area contributed by atoms with Gasteiger partial charge in [-0.25, -0.2) is 4.79 Å². The van der Waals surface area contributed by atoms with E-state index >= 15 is 0 Å². The summed E-state index contributed by atoms with van der Waals surface area (Å²) in [6.07, 6.45) is 3.04. The SMILES string of the molecule is C/C=C/C(=N\NC(C)c1cc(Cl)ccc1OCc1ccccc1)C(=O)O. The van der Waals surface area contributed by atoms with E-state index in [0.717, 1.165) is 11.1 Å². The molecule has 2 N–H and O–H groups in total. The van der Waals surface area contributed by atoms with Gasteiger partial charge in [-0.15, -0.1) is 0 Å². The molecule has 1 unspecified atom stereocenters. The quantitative estimate of drug-likeness (QED) is 0.525. The number of carbonyl (C=O) groups is 1. The average molecular weight is 373 g/mol. The Morgan fingerprint density at radius 2 is 2.04 bits per heavy atom. The summed E-state index contributed by atoms with van der Waals surface area (Å²) in [6, 6.07) is 14.9. The van der Waals surface area contributed by atoms with E-state index < -0.39 is 5.97 Å². The molecule has 0 heterocycles. The number of rotatable bonds is 8. The van der Waals surface area contributed by atoms with Crippen LogP contribution in [0.5, 0.6) is 5.75 Å². The van der Waals surface area contributed by atoms with Gasteiger partial charge in [0, 0.05) is 10.6 Å². The van der Waals surface area contributed by atoms with E-state index in [-0.39, 0.29) is 11.8 Å². The number of carboxylic acids is 1. The van der Waals surface area contributed by atoms with E-state index in [1.165, 1.54) is 6.08 Å². The van der Waals surface area contributed by atoms with Crippen LogP contribution in [0, 0.1) is 0 Å². The van der Waals surface area contributed by atoms with Crippen molar-refractivity contribution in [3.8, 4) is 5.75 Å². The molecule has 0 amide bonds. The molecule has 0 aliphatic heterocycles. The summed E-state index contributed by atoms with van der Waals surface area (Å²) in [4.78, 5) is 11.2. The third-order valence-corrected chi connectivity index (χ3v) is 3.83. The summed E-state index contributed by atoms with van der Waals surface area (Å²) in [6.45, 7) is 4.01. The number of carboxylic acid groups (broad SMARTS) is 1. The van der Waals surface area contributed by atoms with E-state index in [2.05, 4.69) is 10.5 Å². The van der Waals surface area contributed by atoms with Gasteiger partial charge in [0.05, 0.1) is 6.04 Å². The summed E-state index contributed by atoms with van der Waals surface area (Å²) in [5, 5.41) is 13.7. The lowest BCUT2D eigenvalue weighted by Crippen LogP contribution is -2.19. The highest BCUT2D eigenvalue weighted by Crippen LogP contribution is 2.29. The number of hydrogen-bond acceptors (Lipinski definition) is 4. The van der Waals surface area contributed by atoms with Crippen LogP contribution in [-0.4, -0.2) is 16.8 Å². The monoisotopic (exact) mass is 372 g/mol. The standard InChI is InChI=1S/C20H21ClN2O3/c1-3-7-18(20(24)25)23-22-14(2)17-12-16(21)10-11-19(17)26-13-15-8-5-4-6-9-15/h3-12,14,22H,13H2,1-2H3,(H,24,25)/b7-3+,23-18+. The molecule has 0 aliphatic carbocycles. The number of hydrogen-bond donors (Lipinski definition) is 2. The summed E-state index contributed by atoms with van der Waals surface area (Å²) in [7, 11) is 0. The van der Waals surface area contributed by atoms with E-state index in [1.807, 2.05) is 37.3 Å². The van der Waals surface area contributed by atoms with Crippen molar-refractivity contribution in [3.63, 3.8) is 0 Å². The minimum Gasteiger partial charge on any atom is -0.489 e. The average Bonchev–Trinajstić information content (AvgIpc) is 2.64. The number of nitrogens with zero attached hydrogens (tertiary/aromatic N) is 1. The summed E-state index contributed by atoms with van der Waals surface area (Å²) in [5.41, 5.74) is 4.62. The molecule has 0 fully saturated rings. The minimum atomic E-state index is -1.10. The Hall–Kier alpha value is -2.79. The Morgan fingerprint density at radius 1 is 1.31 bits per heavy atom. The predicted octanol–water partition coefficient (Wildman–Crippen LogP) is 4.59. The van der Waals surface area contributed by atoms with Crippen LogP contribution < -0.4 is 10.2 Å². The molecule has 2 rings (SSSR count). The van der Waals surface area contributed by atoms with Gasteiger partial charge < -0.3 is 15.3 Å². The largest absolute Gasteiger partial charge is 0.489 e. The molecule has 5 nitrogen and oxygen atoms in total. The van der Waals surface area contributed by atoms with Gasteiger partial charge in [-0.2, -0.15) is 5.10 Å². The van der Waals surface area contributed by atoms with Gasteiger partial charge in [0.25, 0.3) is 0 Å². The van der Waals surface area contributed by atoms with Crippen LogP contribution in [0.15, 0.2) is 65.8 Å². The van der Waals surface area contributed by atoms with Gasteiger partial charge in [0.1, 0.15) is 12.4 Å². The van der Waals surface area contributed by atoms with Crippen LogP contribution in [-0.2, 0) is 11.4 Å². The zero-order valence-corrected chi connectivity index (χ0v) is 15.4. The number of benzene rings is 2. The summed E-state index contributed by atoms with van der Waals surface area (Å²) in [5.74, 6) is -0.439. The van der Waals surface area contributed by atoms with Crippen LogP contribution in [0.2, 0.25) is 5.02 Å². The van der Waals surface area contributed by atoms with E-state index in [9.17, 15) is 4.79 Å². The number of hydrazone groups is 1. The summed E-state index contributed by atoms with van der Waals surface area (Å²) >= 11 is 6.12. The van der Waals surface area contributed by atoms with Crippen molar-refractivity contribution in [2.24, 2.45) is 5.10 Å². The minimum absolute atomic E-state index is 0.0758. The molecule has 6 heteroatoms. The molecule has 0 spiro atoms. The second-order valence-corrected chi connectivity index (χ2v) is 6.05. The normalized spacial score (nSPS) is 12.8. The van der Waals surface area contributed by atoms with Crippen molar-refractivity contribution in [3.05, 3.63) is 76.8 Å². The van der Waals surface area contributed by atoms with Gasteiger partial charge in [0.15, 0.2) is 5.71 Å². The fourth-order valence-corrected chi connectivity index (χ4v) is 2.46. The zero-order chi connectivity index (χ0) is 18.9. The molecular formula is C20H21ClN2O3. The molecule has 136 valence electrons. The lowest BCUT2D eigenvalue weighted by atomic mass is 10.1. The molecule has 0 saturated carbocycles. The molecular weight excluding hydrogens is 352 g/mol. The molecule has 0 radical (unpaired) electrons. The first kappa shape index (κ1) is 19.5. The highest BCUT2D eigenvalue weighted by Gasteiger charge is 2.13. The third kappa shape index (κ3) is 5.63. The van der Waals surface area contributed by atoms with Crippen LogP contribution >= 0.6 is 11.6 Å². The van der Waals surface area contributed by atoms with Crippen LogP contribution in [0.25, 0.3) is 0 Å². The third-order valence-electron chi connectivity index (χ3n) is 3.60. The van der Waals surface area contributed by atoms with Crippen LogP contribution in [0.4, 0.5) is 0 Å². The molecule has 26 heavy (non-hydrogen) atoms. The molecule has 1 atom stereocenters. The lowest BCUT2D eigenvalue weighted by Gasteiger charge is -2.17. The summed E-state index contributed by atoms with van der Waals surface area (Å²) < 4.78 is 5.92. The van der Waals surface area contributed by atoms with Crippen LogP contribution in [0.3, 0.4) is 0 Å². The van der Waals surface area contributed by atoms with Crippen LogP contribution in [0.1, 0.15) is 31.0 Å². The highest BCUT2D eigenvalue weighted by molar-refractivity contribution is 6.40.